The quantitative estimate of drug-likeness (QED) is 0.592. The van der Waals surface area contributed by atoms with Gasteiger partial charge in [-0.05, 0) is 31.0 Å². The van der Waals surface area contributed by atoms with E-state index in [9.17, 15) is 14.4 Å². The Morgan fingerprint density at radius 1 is 1.24 bits per heavy atom. The summed E-state index contributed by atoms with van der Waals surface area (Å²) in [5.74, 6) is -0.499. The molecule has 7 nitrogen and oxygen atoms in total. The second-order valence-corrected chi connectivity index (χ2v) is 4.82. The van der Waals surface area contributed by atoms with E-state index < -0.39 is 17.2 Å². The summed E-state index contributed by atoms with van der Waals surface area (Å²) in [6.45, 7) is 1.83. The lowest BCUT2D eigenvalue weighted by Crippen LogP contribution is -2.37. The molecule has 0 spiro atoms. The Kier molecular flexibility index (Phi) is 4.22. The zero-order chi connectivity index (χ0) is 15.4. The van der Waals surface area contributed by atoms with Crippen molar-refractivity contribution in [2.24, 2.45) is 0 Å². The molecule has 0 radical (unpaired) electrons. The summed E-state index contributed by atoms with van der Waals surface area (Å²) in [5, 5.41) is 2.72. The van der Waals surface area contributed by atoms with Gasteiger partial charge in [0.25, 0.3) is 11.5 Å². The van der Waals surface area contributed by atoms with E-state index in [1.807, 2.05) is 24.0 Å². The number of hydrogen-bond acceptors (Lipinski definition) is 4. The maximum Gasteiger partial charge on any atom is 0.326 e. The highest BCUT2D eigenvalue weighted by molar-refractivity contribution is 5.92. The molecule has 1 amide bonds. The molecule has 0 bridgehead atoms. The SMILES string of the molecule is C[C@H](Cc1ccc(N)cc1)NC(=O)c1cc(=O)[nH]c(=O)[nH]1. The number of benzene rings is 1. The highest BCUT2D eigenvalue weighted by atomic mass is 16.2. The van der Waals surface area contributed by atoms with Gasteiger partial charge in [-0.15, -0.1) is 0 Å². The van der Waals surface area contributed by atoms with Gasteiger partial charge in [-0.2, -0.15) is 0 Å². The number of carbonyl (C=O) groups excluding carboxylic acids is 1. The van der Waals surface area contributed by atoms with Crippen LogP contribution in [0, 0.1) is 0 Å². The molecule has 0 fully saturated rings. The molecular weight excluding hydrogens is 272 g/mol. The van der Waals surface area contributed by atoms with Gasteiger partial charge in [-0.3, -0.25) is 14.6 Å². The van der Waals surface area contributed by atoms with Crippen LogP contribution in [0.5, 0.6) is 0 Å². The minimum Gasteiger partial charge on any atom is -0.399 e. The van der Waals surface area contributed by atoms with Crippen molar-refractivity contribution >= 4 is 11.6 Å². The summed E-state index contributed by atoms with van der Waals surface area (Å²) in [6.07, 6.45) is 0.611. The Morgan fingerprint density at radius 2 is 1.90 bits per heavy atom. The van der Waals surface area contributed by atoms with E-state index >= 15 is 0 Å². The number of nitrogen functional groups attached to an aromatic ring is 1. The van der Waals surface area contributed by atoms with E-state index in [-0.39, 0.29) is 11.7 Å². The molecule has 5 N–H and O–H groups in total. The Balaban J connectivity index is 2.03. The fourth-order valence-electron chi connectivity index (χ4n) is 1.95. The molecular formula is C14H16N4O3. The van der Waals surface area contributed by atoms with Gasteiger partial charge in [0, 0.05) is 17.8 Å². The molecule has 2 rings (SSSR count). The largest absolute Gasteiger partial charge is 0.399 e. The second kappa shape index (κ2) is 6.08. The van der Waals surface area contributed by atoms with Crippen LogP contribution in [0.25, 0.3) is 0 Å². The highest BCUT2D eigenvalue weighted by Gasteiger charge is 2.12. The fraction of sp³-hybridized carbons (Fsp3) is 0.214. The van der Waals surface area contributed by atoms with Crippen LogP contribution in [-0.4, -0.2) is 21.9 Å². The molecule has 0 saturated carbocycles. The Bertz CT molecular complexity index is 718. The number of carbonyl (C=O) groups is 1. The molecule has 21 heavy (non-hydrogen) atoms. The van der Waals surface area contributed by atoms with E-state index in [0.29, 0.717) is 12.1 Å². The molecule has 1 aromatic carbocycles. The number of hydrogen-bond donors (Lipinski definition) is 4. The van der Waals surface area contributed by atoms with E-state index in [1.54, 1.807) is 12.1 Å². The highest BCUT2D eigenvalue weighted by Crippen LogP contribution is 2.08. The lowest BCUT2D eigenvalue weighted by molar-refractivity contribution is 0.0934. The third-order valence-electron chi connectivity index (χ3n) is 2.90. The maximum absolute atomic E-state index is 11.9. The molecule has 0 aliphatic heterocycles. The third kappa shape index (κ3) is 4.07. The molecule has 0 aliphatic rings. The standard InChI is InChI=1S/C14H16N4O3/c1-8(6-9-2-4-10(15)5-3-9)16-13(20)11-7-12(19)18-14(21)17-11/h2-5,7-8H,6,15H2,1H3,(H,16,20)(H2,17,18,19,21)/t8-/m1/s1. The average Bonchev–Trinajstić information content (AvgIpc) is 2.40. The van der Waals surface area contributed by atoms with Crippen LogP contribution in [0.3, 0.4) is 0 Å². The van der Waals surface area contributed by atoms with Gasteiger partial charge in [0.2, 0.25) is 0 Å². The minimum atomic E-state index is -0.709. The molecule has 0 aliphatic carbocycles. The molecule has 7 heteroatoms. The first-order chi connectivity index (χ1) is 9.94. The van der Waals surface area contributed by atoms with Crippen LogP contribution in [0.2, 0.25) is 0 Å². The summed E-state index contributed by atoms with van der Waals surface area (Å²) < 4.78 is 0. The molecule has 0 unspecified atom stereocenters. The Hall–Kier alpha value is -2.83. The van der Waals surface area contributed by atoms with Crippen LogP contribution in [-0.2, 0) is 6.42 Å². The van der Waals surface area contributed by atoms with Crippen LogP contribution < -0.4 is 22.3 Å². The van der Waals surface area contributed by atoms with Gasteiger partial charge < -0.3 is 16.0 Å². The van der Waals surface area contributed by atoms with E-state index in [1.165, 1.54) is 0 Å². The fourth-order valence-corrected chi connectivity index (χ4v) is 1.95. The van der Waals surface area contributed by atoms with Crippen molar-refractivity contribution in [2.45, 2.75) is 19.4 Å². The van der Waals surface area contributed by atoms with Crippen molar-refractivity contribution in [1.82, 2.24) is 15.3 Å². The topological polar surface area (TPSA) is 121 Å². The molecule has 110 valence electrons. The minimum absolute atomic E-state index is 0.0621. The van der Waals surface area contributed by atoms with Crippen LogP contribution in [0.1, 0.15) is 23.0 Å². The monoisotopic (exact) mass is 288 g/mol. The zero-order valence-electron chi connectivity index (χ0n) is 11.5. The van der Waals surface area contributed by atoms with E-state index in [4.69, 9.17) is 5.73 Å². The van der Waals surface area contributed by atoms with Crippen molar-refractivity contribution < 1.29 is 4.79 Å². The first-order valence-corrected chi connectivity index (χ1v) is 6.43. The number of aromatic amines is 2. The van der Waals surface area contributed by atoms with Crippen molar-refractivity contribution in [2.75, 3.05) is 5.73 Å². The summed E-state index contributed by atoms with van der Waals surface area (Å²) in [5.41, 5.74) is 5.92. The summed E-state index contributed by atoms with van der Waals surface area (Å²) in [7, 11) is 0. The number of nitrogens with two attached hydrogens (primary N) is 1. The molecule has 1 heterocycles. The summed E-state index contributed by atoms with van der Waals surface area (Å²) in [4.78, 5) is 38.5. The van der Waals surface area contributed by atoms with Crippen molar-refractivity contribution in [3.05, 3.63) is 62.4 Å². The smallest absolute Gasteiger partial charge is 0.326 e. The Labute approximate surface area is 120 Å². The number of anilines is 1. The summed E-state index contributed by atoms with van der Waals surface area (Å²) in [6, 6.07) is 8.23. The maximum atomic E-state index is 11.9. The first-order valence-electron chi connectivity index (χ1n) is 6.43. The van der Waals surface area contributed by atoms with Gasteiger partial charge in [0.15, 0.2) is 0 Å². The first kappa shape index (κ1) is 14.6. The van der Waals surface area contributed by atoms with Crippen LogP contribution in [0.4, 0.5) is 5.69 Å². The molecule has 2 aromatic rings. The van der Waals surface area contributed by atoms with Gasteiger partial charge >= 0.3 is 5.69 Å². The van der Waals surface area contributed by atoms with E-state index in [2.05, 4.69) is 10.3 Å². The zero-order valence-corrected chi connectivity index (χ0v) is 11.5. The number of nitrogens with one attached hydrogen (secondary N) is 3. The van der Waals surface area contributed by atoms with Crippen LogP contribution >= 0.6 is 0 Å². The number of H-pyrrole nitrogens is 2. The van der Waals surface area contributed by atoms with Gasteiger partial charge in [0.05, 0.1) is 0 Å². The number of aromatic nitrogens is 2. The molecule has 0 saturated heterocycles. The number of rotatable bonds is 4. The van der Waals surface area contributed by atoms with E-state index in [0.717, 1.165) is 11.6 Å². The van der Waals surface area contributed by atoms with Gasteiger partial charge in [0.1, 0.15) is 5.69 Å². The van der Waals surface area contributed by atoms with Crippen molar-refractivity contribution in [3.8, 4) is 0 Å². The van der Waals surface area contributed by atoms with Crippen LogP contribution in [0.15, 0.2) is 39.9 Å². The number of amides is 1. The van der Waals surface area contributed by atoms with Gasteiger partial charge in [-0.1, -0.05) is 12.1 Å². The molecule has 1 atom stereocenters. The lowest BCUT2D eigenvalue weighted by Gasteiger charge is -2.13. The second-order valence-electron chi connectivity index (χ2n) is 4.82. The van der Waals surface area contributed by atoms with Crippen molar-refractivity contribution in [1.29, 1.82) is 0 Å². The van der Waals surface area contributed by atoms with Crippen molar-refractivity contribution in [3.63, 3.8) is 0 Å². The average molecular weight is 288 g/mol. The lowest BCUT2D eigenvalue weighted by atomic mass is 10.1. The summed E-state index contributed by atoms with van der Waals surface area (Å²) >= 11 is 0. The third-order valence-corrected chi connectivity index (χ3v) is 2.90. The predicted octanol–water partition coefficient (Wildman–Crippen LogP) is 0.00640. The predicted molar refractivity (Wildman–Crippen MR) is 79.2 cm³/mol. The molecule has 1 aromatic heterocycles. The normalized spacial score (nSPS) is 11.9. The Morgan fingerprint density at radius 3 is 2.52 bits per heavy atom. The van der Waals surface area contributed by atoms with Gasteiger partial charge in [-0.25, -0.2) is 4.79 Å².